The Hall–Kier alpha value is -0.780. The normalized spacial score (nSPS) is 12.6. The highest BCUT2D eigenvalue weighted by Crippen LogP contribution is 1.89. The molecule has 0 aliphatic rings. The molecule has 0 bridgehead atoms. The van der Waals surface area contributed by atoms with Gasteiger partial charge in [-0.25, -0.2) is 0 Å². The van der Waals surface area contributed by atoms with Crippen LogP contribution >= 0.6 is 0 Å². The van der Waals surface area contributed by atoms with Gasteiger partial charge in [0.25, 0.3) is 0 Å². The van der Waals surface area contributed by atoms with Gasteiger partial charge < -0.3 is 0 Å². The van der Waals surface area contributed by atoms with Gasteiger partial charge >= 0.3 is 0 Å². The molecule has 0 heterocycles. The van der Waals surface area contributed by atoms with Crippen molar-refractivity contribution in [3.63, 3.8) is 0 Å². The first-order chi connectivity index (χ1) is 4.91. The minimum atomic E-state index is 1.00. The van der Waals surface area contributed by atoms with Crippen LogP contribution < -0.4 is 0 Å². The van der Waals surface area contributed by atoms with E-state index in [-0.39, 0.29) is 0 Å². The number of hydrogen-bond acceptors (Lipinski definition) is 0. The van der Waals surface area contributed by atoms with Crippen molar-refractivity contribution in [1.29, 1.82) is 0 Å². The van der Waals surface area contributed by atoms with Crippen molar-refractivity contribution in [2.24, 2.45) is 0 Å². The van der Waals surface area contributed by atoms with Gasteiger partial charge in [0.15, 0.2) is 0 Å². The lowest BCUT2D eigenvalue weighted by Gasteiger charge is -1.80. The maximum atomic E-state index is 3.59. The van der Waals surface area contributed by atoms with E-state index in [9.17, 15) is 0 Å². The Bertz CT molecular complexity index is 111. The summed E-state index contributed by atoms with van der Waals surface area (Å²) in [6.07, 6.45) is 14.4. The Balaban J connectivity index is 3.20. The first-order valence-corrected chi connectivity index (χ1v) is 3.62. The number of rotatable bonds is 4. The van der Waals surface area contributed by atoms with Crippen LogP contribution in [0.3, 0.4) is 0 Å². The zero-order valence-corrected chi connectivity index (χ0v) is 6.59. The highest BCUT2D eigenvalue weighted by Gasteiger charge is 1.68. The van der Waals surface area contributed by atoms with Crippen LogP contribution in [0.1, 0.15) is 19.8 Å². The highest BCUT2D eigenvalue weighted by molar-refractivity contribution is 4.96. The summed E-state index contributed by atoms with van der Waals surface area (Å²) in [6.45, 7) is 5.62. The molecule has 0 heteroatoms. The first-order valence-electron chi connectivity index (χ1n) is 3.62. The molecule has 0 aromatic heterocycles. The standard InChI is InChI=1S/C10H15/c1-3-5-7-9-10-8-6-4-2/h3-6,9-10H,1,7-8H2,2H3. The van der Waals surface area contributed by atoms with E-state index in [0.29, 0.717) is 0 Å². The summed E-state index contributed by atoms with van der Waals surface area (Å²) in [5.74, 6) is 0. The molecule has 0 atom stereocenters. The summed E-state index contributed by atoms with van der Waals surface area (Å²) in [6, 6.07) is 0. The molecule has 1 radical (unpaired) electrons. The average molecular weight is 135 g/mol. The van der Waals surface area contributed by atoms with Gasteiger partial charge in [0.05, 0.1) is 0 Å². The SMILES string of the molecule is [CH2]C=CCC=CCC=CC. The number of hydrogen-bond donors (Lipinski definition) is 0. The summed E-state index contributed by atoms with van der Waals surface area (Å²) in [5.41, 5.74) is 0. The van der Waals surface area contributed by atoms with Gasteiger partial charge in [0.1, 0.15) is 0 Å². The Morgan fingerprint density at radius 3 is 2.10 bits per heavy atom. The van der Waals surface area contributed by atoms with E-state index in [4.69, 9.17) is 0 Å². The molecule has 0 nitrogen and oxygen atoms in total. The lowest BCUT2D eigenvalue weighted by molar-refractivity contribution is 1.31. The van der Waals surface area contributed by atoms with E-state index in [1.54, 1.807) is 0 Å². The topological polar surface area (TPSA) is 0 Å². The Kier molecular flexibility index (Phi) is 7.58. The average Bonchev–Trinajstić information content (AvgIpc) is 1.97. The van der Waals surface area contributed by atoms with E-state index in [1.165, 1.54) is 0 Å². The minimum Gasteiger partial charge on any atom is -0.0914 e. The molecule has 0 N–H and O–H groups in total. The van der Waals surface area contributed by atoms with Crippen LogP contribution in [0.2, 0.25) is 0 Å². The molecule has 55 valence electrons. The van der Waals surface area contributed by atoms with Crippen LogP contribution in [0.5, 0.6) is 0 Å². The first kappa shape index (κ1) is 9.22. The maximum absolute atomic E-state index is 3.59. The molecule has 10 heavy (non-hydrogen) atoms. The molecule has 0 amide bonds. The lowest BCUT2D eigenvalue weighted by Crippen LogP contribution is -1.59. The third-order valence-corrected chi connectivity index (χ3v) is 1.11. The van der Waals surface area contributed by atoms with Gasteiger partial charge in [-0.1, -0.05) is 36.5 Å². The van der Waals surface area contributed by atoms with Crippen molar-refractivity contribution in [2.75, 3.05) is 0 Å². The minimum absolute atomic E-state index is 1.00. The zero-order chi connectivity index (χ0) is 7.66. The van der Waals surface area contributed by atoms with Gasteiger partial charge in [-0.15, -0.1) is 0 Å². The van der Waals surface area contributed by atoms with E-state index in [1.807, 2.05) is 19.1 Å². The van der Waals surface area contributed by atoms with Crippen molar-refractivity contribution < 1.29 is 0 Å². The van der Waals surface area contributed by atoms with E-state index in [2.05, 4.69) is 31.2 Å². The van der Waals surface area contributed by atoms with Crippen molar-refractivity contribution >= 4 is 0 Å². The van der Waals surface area contributed by atoms with Crippen LogP contribution in [-0.2, 0) is 0 Å². The maximum Gasteiger partial charge on any atom is -0.0169 e. The number of allylic oxidation sites excluding steroid dienone is 6. The summed E-state index contributed by atoms with van der Waals surface area (Å²) in [7, 11) is 0. The summed E-state index contributed by atoms with van der Waals surface area (Å²) < 4.78 is 0. The van der Waals surface area contributed by atoms with Gasteiger partial charge in [0, 0.05) is 0 Å². The van der Waals surface area contributed by atoms with Gasteiger partial charge in [-0.2, -0.15) is 0 Å². The quantitative estimate of drug-likeness (QED) is 0.519. The molecule has 0 aliphatic heterocycles. The third kappa shape index (κ3) is 7.22. The molecular formula is C10H15. The van der Waals surface area contributed by atoms with Gasteiger partial charge in [0.2, 0.25) is 0 Å². The van der Waals surface area contributed by atoms with E-state index >= 15 is 0 Å². The molecule has 0 aromatic rings. The highest BCUT2D eigenvalue weighted by atomic mass is 13.8. The van der Waals surface area contributed by atoms with Crippen LogP contribution in [0.15, 0.2) is 36.5 Å². The fraction of sp³-hybridized carbons (Fsp3) is 0.300. The molecule has 0 aliphatic carbocycles. The smallest absolute Gasteiger partial charge is 0.0169 e. The Labute approximate surface area is 64.0 Å². The lowest BCUT2D eigenvalue weighted by atomic mass is 10.3. The molecule has 0 fully saturated rings. The van der Waals surface area contributed by atoms with Crippen LogP contribution in [0.25, 0.3) is 0 Å². The van der Waals surface area contributed by atoms with Gasteiger partial charge in [-0.05, 0) is 26.7 Å². The molecule has 0 spiro atoms. The summed E-state index contributed by atoms with van der Waals surface area (Å²) in [5, 5.41) is 0. The largest absolute Gasteiger partial charge is 0.0914 e. The Morgan fingerprint density at radius 1 is 1.00 bits per heavy atom. The fourth-order valence-electron chi connectivity index (χ4n) is 0.582. The Morgan fingerprint density at radius 2 is 1.60 bits per heavy atom. The summed E-state index contributed by atoms with van der Waals surface area (Å²) >= 11 is 0. The predicted octanol–water partition coefficient (Wildman–Crippen LogP) is 3.29. The third-order valence-electron chi connectivity index (χ3n) is 1.11. The van der Waals surface area contributed by atoms with Crippen LogP contribution in [0, 0.1) is 6.92 Å². The second-order valence-electron chi connectivity index (χ2n) is 1.98. The second kappa shape index (κ2) is 8.22. The molecular weight excluding hydrogens is 120 g/mol. The monoisotopic (exact) mass is 135 g/mol. The second-order valence-corrected chi connectivity index (χ2v) is 1.98. The fourth-order valence-corrected chi connectivity index (χ4v) is 0.582. The van der Waals surface area contributed by atoms with Crippen LogP contribution in [-0.4, -0.2) is 0 Å². The van der Waals surface area contributed by atoms with E-state index in [0.717, 1.165) is 12.8 Å². The van der Waals surface area contributed by atoms with Crippen LogP contribution in [0.4, 0.5) is 0 Å². The molecule has 0 unspecified atom stereocenters. The molecule has 0 saturated carbocycles. The summed E-state index contributed by atoms with van der Waals surface area (Å²) in [4.78, 5) is 0. The van der Waals surface area contributed by atoms with E-state index < -0.39 is 0 Å². The zero-order valence-electron chi connectivity index (χ0n) is 6.59. The van der Waals surface area contributed by atoms with Gasteiger partial charge in [-0.3, -0.25) is 0 Å². The molecule has 0 aromatic carbocycles. The van der Waals surface area contributed by atoms with Crippen molar-refractivity contribution in [1.82, 2.24) is 0 Å². The van der Waals surface area contributed by atoms with Crippen molar-refractivity contribution in [3.05, 3.63) is 43.4 Å². The predicted molar refractivity (Wildman–Crippen MR) is 47.7 cm³/mol. The molecule has 0 saturated heterocycles. The van der Waals surface area contributed by atoms with Crippen molar-refractivity contribution in [3.8, 4) is 0 Å². The van der Waals surface area contributed by atoms with Crippen molar-refractivity contribution in [2.45, 2.75) is 19.8 Å². The molecule has 0 rings (SSSR count).